The van der Waals surface area contributed by atoms with Crippen LogP contribution >= 0.6 is 0 Å². The van der Waals surface area contributed by atoms with Crippen LogP contribution in [-0.4, -0.2) is 11.1 Å². The highest BCUT2D eigenvalue weighted by Crippen LogP contribution is 2.13. The quantitative estimate of drug-likeness (QED) is 0.818. The molecule has 0 fully saturated rings. The zero-order chi connectivity index (χ0) is 12.7. The molecule has 0 heterocycles. The Labute approximate surface area is 102 Å². The second-order valence-corrected chi connectivity index (χ2v) is 4.19. The minimum absolute atomic E-state index is 0.0901. The SMILES string of the molecule is CCCc1ccc(CC(C#N)CC(=O)O)cc1. The summed E-state index contributed by atoms with van der Waals surface area (Å²) in [6.07, 6.45) is 2.58. The van der Waals surface area contributed by atoms with Gasteiger partial charge in [-0.25, -0.2) is 0 Å². The minimum Gasteiger partial charge on any atom is -0.481 e. The molecule has 17 heavy (non-hydrogen) atoms. The zero-order valence-corrected chi connectivity index (χ0v) is 10.0. The fourth-order valence-electron chi connectivity index (χ4n) is 1.79. The average Bonchev–Trinajstić information content (AvgIpc) is 2.30. The Balaban J connectivity index is 2.61. The van der Waals surface area contributed by atoms with Gasteiger partial charge < -0.3 is 5.11 Å². The van der Waals surface area contributed by atoms with Gasteiger partial charge in [0, 0.05) is 0 Å². The summed E-state index contributed by atoms with van der Waals surface area (Å²) in [5, 5.41) is 17.5. The van der Waals surface area contributed by atoms with Gasteiger partial charge in [-0.2, -0.15) is 5.26 Å². The minimum atomic E-state index is -0.917. The van der Waals surface area contributed by atoms with E-state index in [-0.39, 0.29) is 6.42 Å². The molecule has 0 aliphatic rings. The summed E-state index contributed by atoms with van der Waals surface area (Å²) >= 11 is 0. The Morgan fingerprint density at radius 1 is 1.35 bits per heavy atom. The van der Waals surface area contributed by atoms with Crippen molar-refractivity contribution >= 4 is 5.97 Å². The largest absolute Gasteiger partial charge is 0.481 e. The molecular weight excluding hydrogens is 214 g/mol. The highest BCUT2D eigenvalue weighted by atomic mass is 16.4. The Bertz CT molecular complexity index is 403. The predicted octanol–water partition coefficient (Wildman–Crippen LogP) is 2.80. The molecule has 3 heteroatoms. The molecule has 90 valence electrons. The molecule has 0 spiro atoms. The first kappa shape index (κ1) is 13.2. The van der Waals surface area contributed by atoms with E-state index in [9.17, 15) is 4.79 Å². The summed E-state index contributed by atoms with van der Waals surface area (Å²) in [4.78, 5) is 10.5. The number of nitriles is 1. The van der Waals surface area contributed by atoms with Gasteiger partial charge in [0.2, 0.25) is 0 Å². The number of aryl methyl sites for hydroxylation is 1. The summed E-state index contributed by atoms with van der Waals surface area (Å²) in [5.74, 6) is -1.36. The maximum absolute atomic E-state index is 10.5. The maximum atomic E-state index is 10.5. The van der Waals surface area contributed by atoms with Crippen LogP contribution in [0.3, 0.4) is 0 Å². The summed E-state index contributed by atoms with van der Waals surface area (Å²) < 4.78 is 0. The van der Waals surface area contributed by atoms with Gasteiger partial charge in [-0.1, -0.05) is 37.6 Å². The molecule has 0 amide bonds. The van der Waals surface area contributed by atoms with Gasteiger partial charge in [0.1, 0.15) is 0 Å². The molecule has 1 atom stereocenters. The van der Waals surface area contributed by atoms with Crippen LogP contribution in [0.1, 0.15) is 30.9 Å². The topological polar surface area (TPSA) is 61.1 Å². The molecule has 0 aromatic heterocycles. The van der Waals surface area contributed by atoms with E-state index in [0.717, 1.165) is 18.4 Å². The molecule has 1 aromatic rings. The molecule has 0 saturated heterocycles. The highest BCUT2D eigenvalue weighted by molar-refractivity contribution is 5.67. The first-order valence-corrected chi connectivity index (χ1v) is 5.85. The monoisotopic (exact) mass is 231 g/mol. The van der Waals surface area contributed by atoms with E-state index < -0.39 is 11.9 Å². The first-order valence-electron chi connectivity index (χ1n) is 5.85. The number of carboxylic acid groups (broad SMARTS) is 1. The Hall–Kier alpha value is -1.82. The number of benzene rings is 1. The summed E-state index contributed by atoms with van der Waals surface area (Å²) in [7, 11) is 0. The van der Waals surface area contributed by atoms with Gasteiger partial charge in [0.25, 0.3) is 0 Å². The third-order valence-electron chi connectivity index (χ3n) is 2.65. The summed E-state index contributed by atoms with van der Waals surface area (Å²) in [6, 6.07) is 10.1. The van der Waals surface area contributed by atoms with Crippen molar-refractivity contribution in [3.63, 3.8) is 0 Å². The van der Waals surface area contributed by atoms with E-state index in [1.165, 1.54) is 5.56 Å². The lowest BCUT2D eigenvalue weighted by molar-refractivity contribution is -0.137. The molecule has 3 nitrogen and oxygen atoms in total. The smallest absolute Gasteiger partial charge is 0.304 e. The molecule has 0 aliphatic carbocycles. The number of hydrogen-bond acceptors (Lipinski definition) is 2. The van der Waals surface area contributed by atoms with E-state index in [1.807, 2.05) is 30.3 Å². The van der Waals surface area contributed by atoms with Crippen molar-refractivity contribution in [3.05, 3.63) is 35.4 Å². The number of aliphatic carboxylic acids is 1. The number of rotatable bonds is 6. The zero-order valence-electron chi connectivity index (χ0n) is 10.0. The number of nitrogens with zero attached hydrogens (tertiary/aromatic N) is 1. The average molecular weight is 231 g/mol. The second kappa shape index (κ2) is 6.70. The van der Waals surface area contributed by atoms with Crippen molar-refractivity contribution in [2.75, 3.05) is 0 Å². The van der Waals surface area contributed by atoms with E-state index >= 15 is 0 Å². The Kier molecular flexibility index (Phi) is 5.22. The molecule has 0 radical (unpaired) electrons. The van der Waals surface area contributed by atoms with Crippen molar-refractivity contribution in [3.8, 4) is 6.07 Å². The second-order valence-electron chi connectivity index (χ2n) is 4.19. The third-order valence-corrected chi connectivity index (χ3v) is 2.65. The van der Waals surface area contributed by atoms with Crippen molar-refractivity contribution in [1.29, 1.82) is 5.26 Å². The van der Waals surface area contributed by atoms with E-state index in [0.29, 0.717) is 6.42 Å². The molecule has 1 rings (SSSR count). The Morgan fingerprint density at radius 3 is 2.41 bits per heavy atom. The maximum Gasteiger partial charge on any atom is 0.304 e. The van der Waals surface area contributed by atoms with E-state index in [4.69, 9.17) is 10.4 Å². The number of carbonyl (C=O) groups is 1. The first-order chi connectivity index (χ1) is 8.15. The van der Waals surface area contributed by atoms with Gasteiger partial charge in [-0.05, 0) is 24.0 Å². The van der Waals surface area contributed by atoms with Gasteiger partial charge in [-0.3, -0.25) is 4.79 Å². The van der Waals surface area contributed by atoms with Crippen molar-refractivity contribution in [1.82, 2.24) is 0 Å². The van der Waals surface area contributed by atoms with Crippen LogP contribution in [0.25, 0.3) is 0 Å². The molecule has 0 saturated carbocycles. The van der Waals surface area contributed by atoms with Crippen molar-refractivity contribution < 1.29 is 9.90 Å². The van der Waals surface area contributed by atoms with Crippen LogP contribution in [0, 0.1) is 17.2 Å². The van der Waals surface area contributed by atoms with Gasteiger partial charge in [-0.15, -0.1) is 0 Å². The summed E-state index contributed by atoms with van der Waals surface area (Å²) in [5.41, 5.74) is 2.31. The van der Waals surface area contributed by atoms with Crippen LogP contribution in [0.15, 0.2) is 24.3 Å². The van der Waals surface area contributed by atoms with Crippen molar-refractivity contribution in [2.24, 2.45) is 5.92 Å². The number of carboxylic acids is 1. The molecule has 1 unspecified atom stereocenters. The number of hydrogen-bond donors (Lipinski definition) is 1. The molecular formula is C14H17NO2. The van der Waals surface area contributed by atoms with Crippen LogP contribution in [-0.2, 0) is 17.6 Å². The third kappa shape index (κ3) is 4.69. The van der Waals surface area contributed by atoms with Gasteiger partial charge in [0.15, 0.2) is 0 Å². The summed E-state index contributed by atoms with van der Waals surface area (Å²) in [6.45, 7) is 2.13. The van der Waals surface area contributed by atoms with Crippen molar-refractivity contribution in [2.45, 2.75) is 32.6 Å². The predicted molar refractivity (Wildman–Crippen MR) is 65.5 cm³/mol. The molecule has 0 aliphatic heterocycles. The highest BCUT2D eigenvalue weighted by Gasteiger charge is 2.12. The fourth-order valence-corrected chi connectivity index (χ4v) is 1.79. The van der Waals surface area contributed by atoms with Crippen LogP contribution in [0.5, 0.6) is 0 Å². The van der Waals surface area contributed by atoms with Gasteiger partial charge >= 0.3 is 5.97 Å². The molecule has 0 bridgehead atoms. The van der Waals surface area contributed by atoms with E-state index in [1.54, 1.807) is 0 Å². The molecule has 1 N–H and O–H groups in total. The molecule has 1 aromatic carbocycles. The Morgan fingerprint density at radius 2 is 1.94 bits per heavy atom. The lowest BCUT2D eigenvalue weighted by Crippen LogP contribution is -2.08. The standard InChI is InChI=1S/C14H17NO2/c1-2-3-11-4-6-12(7-5-11)8-13(10-15)9-14(16)17/h4-7,13H,2-3,8-9H2,1H3,(H,16,17). The lowest BCUT2D eigenvalue weighted by atomic mass is 9.96. The normalized spacial score (nSPS) is 11.8. The van der Waals surface area contributed by atoms with Crippen LogP contribution in [0.4, 0.5) is 0 Å². The lowest BCUT2D eigenvalue weighted by Gasteiger charge is -2.07. The van der Waals surface area contributed by atoms with E-state index in [2.05, 4.69) is 6.92 Å². The van der Waals surface area contributed by atoms with Gasteiger partial charge in [0.05, 0.1) is 18.4 Å². The van der Waals surface area contributed by atoms with Crippen LogP contribution < -0.4 is 0 Å². The van der Waals surface area contributed by atoms with Crippen LogP contribution in [0.2, 0.25) is 0 Å². The fraction of sp³-hybridized carbons (Fsp3) is 0.429.